The Bertz CT molecular complexity index is 841. The summed E-state index contributed by atoms with van der Waals surface area (Å²) in [6, 6.07) is 12.0. The second-order valence-electron chi connectivity index (χ2n) is 5.00. The van der Waals surface area contributed by atoms with Crippen molar-refractivity contribution in [2.45, 2.75) is 6.92 Å². The third kappa shape index (κ3) is 3.27. The average Bonchev–Trinajstić information content (AvgIpc) is 2.78. The number of carbonyl (C=O) groups is 1. The van der Waals surface area contributed by atoms with Crippen molar-refractivity contribution in [1.29, 1.82) is 0 Å². The van der Waals surface area contributed by atoms with Gasteiger partial charge >= 0.3 is 0 Å². The van der Waals surface area contributed by atoms with E-state index in [4.69, 9.17) is 34.8 Å². The van der Waals surface area contributed by atoms with Gasteiger partial charge in [-0.15, -0.1) is 0 Å². The fraction of sp³-hybridized carbons (Fsp3) is 0.0588. The largest absolute Gasteiger partial charge is 0.280 e. The fourth-order valence-electron chi connectivity index (χ4n) is 2.22. The molecular weight excluding hydrogens is 355 g/mol. The van der Waals surface area contributed by atoms with Crippen molar-refractivity contribution in [3.05, 3.63) is 68.7 Å². The smallest absolute Gasteiger partial charge is 0.267 e. The zero-order valence-electron chi connectivity index (χ0n) is 12.1. The van der Waals surface area contributed by atoms with Gasteiger partial charge in [0.05, 0.1) is 17.0 Å². The highest BCUT2D eigenvalue weighted by Gasteiger charge is 2.28. The molecule has 0 aliphatic carbocycles. The van der Waals surface area contributed by atoms with Gasteiger partial charge in [-0.05, 0) is 55.0 Å². The highest BCUT2D eigenvalue weighted by molar-refractivity contribution is 6.37. The lowest BCUT2D eigenvalue weighted by Gasteiger charge is -2.11. The molecule has 1 heterocycles. The SMILES string of the molecule is CC1=NN(c2ccc(Cl)cc2)C(=O)C1=Cc1ccc(Cl)cc1Cl. The van der Waals surface area contributed by atoms with Gasteiger partial charge in [-0.2, -0.15) is 10.1 Å². The van der Waals surface area contributed by atoms with Crippen LogP contribution in [0.3, 0.4) is 0 Å². The first kappa shape index (κ1) is 16.1. The molecule has 0 spiro atoms. The minimum atomic E-state index is -0.212. The predicted octanol–water partition coefficient (Wildman–Crippen LogP) is 5.45. The Labute approximate surface area is 148 Å². The number of hydrazone groups is 1. The molecule has 2 aromatic carbocycles. The molecule has 1 amide bonds. The second kappa shape index (κ2) is 6.36. The van der Waals surface area contributed by atoms with E-state index in [1.165, 1.54) is 5.01 Å². The summed E-state index contributed by atoms with van der Waals surface area (Å²) in [6.45, 7) is 1.78. The van der Waals surface area contributed by atoms with Crippen molar-refractivity contribution in [2.24, 2.45) is 5.10 Å². The number of carbonyl (C=O) groups excluding carboxylic acids is 1. The number of halogens is 3. The molecular formula is C17H11Cl3N2O. The van der Waals surface area contributed by atoms with Crippen molar-refractivity contribution >= 4 is 58.2 Å². The molecule has 1 aliphatic rings. The first-order valence-electron chi connectivity index (χ1n) is 6.78. The van der Waals surface area contributed by atoms with Crippen LogP contribution >= 0.6 is 34.8 Å². The molecule has 0 aromatic heterocycles. The van der Waals surface area contributed by atoms with Crippen LogP contribution < -0.4 is 5.01 Å². The summed E-state index contributed by atoms with van der Waals surface area (Å²) in [5, 5.41) is 7.29. The fourth-order valence-corrected chi connectivity index (χ4v) is 2.80. The van der Waals surface area contributed by atoms with E-state index in [0.29, 0.717) is 37.6 Å². The summed E-state index contributed by atoms with van der Waals surface area (Å²) in [5.41, 5.74) is 2.48. The number of hydrogen-bond acceptors (Lipinski definition) is 2. The van der Waals surface area contributed by atoms with Gasteiger partial charge in [-0.3, -0.25) is 4.79 Å². The van der Waals surface area contributed by atoms with Crippen LogP contribution in [0, 0.1) is 0 Å². The molecule has 3 nitrogen and oxygen atoms in total. The van der Waals surface area contributed by atoms with Crippen LogP contribution in [0.5, 0.6) is 0 Å². The Kier molecular flexibility index (Phi) is 4.44. The number of rotatable bonds is 2. The average molecular weight is 366 g/mol. The van der Waals surface area contributed by atoms with Gasteiger partial charge < -0.3 is 0 Å². The van der Waals surface area contributed by atoms with Gasteiger partial charge in [0.1, 0.15) is 0 Å². The maximum Gasteiger partial charge on any atom is 0.280 e. The van der Waals surface area contributed by atoms with E-state index >= 15 is 0 Å². The molecule has 116 valence electrons. The monoisotopic (exact) mass is 364 g/mol. The highest BCUT2D eigenvalue weighted by atomic mass is 35.5. The summed E-state index contributed by atoms with van der Waals surface area (Å²) in [6.07, 6.45) is 1.72. The van der Waals surface area contributed by atoms with Gasteiger partial charge in [-0.1, -0.05) is 40.9 Å². The summed E-state index contributed by atoms with van der Waals surface area (Å²) >= 11 is 17.9. The van der Waals surface area contributed by atoms with Gasteiger partial charge in [0, 0.05) is 15.1 Å². The third-order valence-corrected chi connectivity index (χ3v) is 4.21. The summed E-state index contributed by atoms with van der Waals surface area (Å²) in [5.74, 6) is -0.212. The Morgan fingerprint density at radius 3 is 2.30 bits per heavy atom. The molecule has 0 N–H and O–H groups in total. The number of anilines is 1. The molecule has 0 fully saturated rings. The molecule has 23 heavy (non-hydrogen) atoms. The Morgan fingerprint density at radius 2 is 1.65 bits per heavy atom. The summed E-state index contributed by atoms with van der Waals surface area (Å²) in [7, 11) is 0. The van der Waals surface area contributed by atoms with Gasteiger partial charge in [0.25, 0.3) is 5.91 Å². The first-order valence-corrected chi connectivity index (χ1v) is 7.91. The maximum atomic E-state index is 12.6. The quantitative estimate of drug-likeness (QED) is 0.651. The summed E-state index contributed by atoms with van der Waals surface area (Å²) in [4.78, 5) is 12.6. The van der Waals surface area contributed by atoms with Crippen molar-refractivity contribution in [1.82, 2.24) is 0 Å². The van der Waals surface area contributed by atoms with E-state index in [2.05, 4.69) is 5.10 Å². The molecule has 0 bridgehead atoms. The van der Waals surface area contributed by atoms with Crippen LogP contribution in [0.1, 0.15) is 12.5 Å². The molecule has 2 aromatic rings. The zero-order chi connectivity index (χ0) is 16.6. The molecule has 0 unspecified atom stereocenters. The van der Waals surface area contributed by atoms with Crippen LogP contribution in [0.25, 0.3) is 6.08 Å². The van der Waals surface area contributed by atoms with Gasteiger partial charge in [-0.25, -0.2) is 0 Å². The molecule has 6 heteroatoms. The minimum Gasteiger partial charge on any atom is -0.267 e. The number of nitrogens with zero attached hydrogens (tertiary/aromatic N) is 2. The lowest BCUT2D eigenvalue weighted by atomic mass is 10.1. The number of benzene rings is 2. The second-order valence-corrected chi connectivity index (χ2v) is 6.28. The van der Waals surface area contributed by atoms with Crippen LogP contribution in [0.2, 0.25) is 15.1 Å². The van der Waals surface area contributed by atoms with Crippen molar-refractivity contribution in [3.8, 4) is 0 Å². The van der Waals surface area contributed by atoms with Crippen molar-refractivity contribution < 1.29 is 4.79 Å². The van der Waals surface area contributed by atoms with E-state index in [1.807, 2.05) is 0 Å². The van der Waals surface area contributed by atoms with E-state index in [-0.39, 0.29) is 5.91 Å². The molecule has 3 rings (SSSR count). The van der Waals surface area contributed by atoms with Crippen LogP contribution in [-0.4, -0.2) is 11.6 Å². The topological polar surface area (TPSA) is 32.7 Å². The minimum absolute atomic E-state index is 0.212. The Balaban J connectivity index is 1.96. The first-order chi connectivity index (χ1) is 11.0. The van der Waals surface area contributed by atoms with Crippen molar-refractivity contribution in [3.63, 3.8) is 0 Å². The standard InChI is InChI=1S/C17H11Cl3N2O/c1-10-15(8-11-2-3-13(19)9-16(11)20)17(23)22(21-10)14-6-4-12(18)5-7-14/h2-9H,1H3. The Morgan fingerprint density at radius 1 is 1.00 bits per heavy atom. The van der Waals surface area contributed by atoms with Crippen LogP contribution in [-0.2, 0) is 4.79 Å². The van der Waals surface area contributed by atoms with Crippen LogP contribution in [0.15, 0.2) is 53.1 Å². The van der Waals surface area contributed by atoms with E-state index < -0.39 is 0 Å². The van der Waals surface area contributed by atoms with Gasteiger partial charge in [0.15, 0.2) is 0 Å². The molecule has 0 saturated heterocycles. The number of hydrogen-bond donors (Lipinski definition) is 0. The van der Waals surface area contributed by atoms with E-state index in [9.17, 15) is 4.79 Å². The lowest BCUT2D eigenvalue weighted by Crippen LogP contribution is -2.21. The van der Waals surface area contributed by atoms with Gasteiger partial charge in [0.2, 0.25) is 0 Å². The molecule has 0 radical (unpaired) electrons. The van der Waals surface area contributed by atoms with Crippen LogP contribution in [0.4, 0.5) is 5.69 Å². The molecule has 1 aliphatic heterocycles. The molecule has 0 saturated carbocycles. The molecule has 0 atom stereocenters. The number of amides is 1. The summed E-state index contributed by atoms with van der Waals surface area (Å²) < 4.78 is 0. The normalized spacial score (nSPS) is 16.2. The predicted molar refractivity (Wildman–Crippen MR) is 96.5 cm³/mol. The zero-order valence-corrected chi connectivity index (χ0v) is 14.3. The van der Waals surface area contributed by atoms with Crippen molar-refractivity contribution in [2.75, 3.05) is 5.01 Å². The Hall–Kier alpha value is -1.81. The lowest BCUT2D eigenvalue weighted by molar-refractivity contribution is -0.114. The highest BCUT2D eigenvalue weighted by Crippen LogP contribution is 2.28. The van der Waals surface area contributed by atoms with E-state index in [1.54, 1.807) is 55.5 Å². The maximum absolute atomic E-state index is 12.6. The third-order valence-electron chi connectivity index (χ3n) is 3.40. The van der Waals surface area contributed by atoms with E-state index in [0.717, 1.165) is 0 Å².